The Kier molecular flexibility index (Phi) is 5.89. The normalized spacial score (nSPS) is 23.1. The van der Waals surface area contributed by atoms with Crippen LogP contribution in [0.3, 0.4) is 0 Å². The average molecular weight is 311 g/mol. The molecule has 0 bridgehead atoms. The molecule has 0 unspecified atom stereocenters. The monoisotopic (exact) mass is 311 g/mol. The fourth-order valence-electron chi connectivity index (χ4n) is 3.08. The van der Waals surface area contributed by atoms with Crippen LogP contribution in [0.5, 0.6) is 0 Å². The lowest BCUT2D eigenvalue weighted by atomic mass is 9.86. The first-order valence-electron chi connectivity index (χ1n) is 8.05. The van der Waals surface area contributed by atoms with E-state index in [1.165, 1.54) is 18.6 Å². The van der Waals surface area contributed by atoms with E-state index in [-0.39, 0.29) is 24.5 Å². The van der Waals surface area contributed by atoms with Crippen LogP contribution in [0.4, 0.5) is 8.78 Å². The van der Waals surface area contributed by atoms with Gasteiger partial charge in [0.1, 0.15) is 17.7 Å². The molecular weight excluding hydrogens is 286 g/mol. The van der Waals surface area contributed by atoms with Crippen LogP contribution in [0.25, 0.3) is 0 Å². The predicted octanol–water partition coefficient (Wildman–Crippen LogP) is 2.28. The van der Waals surface area contributed by atoms with Gasteiger partial charge < -0.3 is 10.6 Å². The van der Waals surface area contributed by atoms with Crippen molar-refractivity contribution in [3.63, 3.8) is 0 Å². The third kappa shape index (κ3) is 4.50. The van der Waals surface area contributed by atoms with Gasteiger partial charge in [0.25, 0.3) is 5.91 Å². The summed E-state index contributed by atoms with van der Waals surface area (Å²) >= 11 is 0. The second-order valence-electron chi connectivity index (χ2n) is 6.33. The number of rotatable bonds is 5. The molecule has 1 aromatic rings. The minimum absolute atomic E-state index is 0.0203. The average Bonchev–Trinajstić information content (AvgIpc) is 2.47. The van der Waals surface area contributed by atoms with Gasteiger partial charge in [-0.05, 0) is 37.8 Å². The number of hydrogen-bond donors (Lipinski definition) is 2. The standard InChI is InChI=1S/C17H24F2N2O/c1-11-5-3-4-6-16(11)21-17(22)10-20-12(2)14-8-7-13(18)9-15(14)19/h7-9,11-12,16,20H,3-6,10H2,1-2H3,(H,21,22)/p+1/t11-,12-,16-/m0/s1. The molecule has 1 fully saturated rings. The molecule has 3 nitrogen and oxygen atoms in total. The Morgan fingerprint density at radius 1 is 1.36 bits per heavy atom. The fraction of sp³-hybridized carbons (Fsp3) is 0.588. The molecule has 0 saturated heterocycles. The van der Waals surface area contributed by atoms with Gasteiger partial charge in [0.15, 0.2) is 6.54 Å². The largest absolute Gasteiger partial charge is 0.348 e. The molecule has 2 rings (SSSR count). The zero-order valence-electron chi connectivity index (χ0n) is 13.2. The van der Waals surface area contributed by atoms with Gasteiger partial charge in [-0.2, -0.15) is 0 Å². The van der Waals surface area contributed by atoms with Gasteiger partial charge >= 0.3 is 0 Å². The maximum atomic E-state index is 13.7. The number of quaternary nitrogens is 1. The van der Waals surface area contributed by atoms with Crippen LogP contribution in [0.2, 0.25) is 0 Å². The fourth-order valence-corrected chi connectivity index (χ4v) is 3.08. The minimum atomic E-state index is -0.586. The molecular formula is C17H25F2N2O+. The first kappa shape index (κ1) is 16.9. The highest BCUT2D eigenvalue weighted by molar-refractivity contribution is 5.77. The highest BCUT2D eigenvalue weighted by Gasteiger charge is 2.23. The summed E-state index contributed by atoms with van der Waals surface area (Å²) in [4.78, 5) is 12.0. The Labute approximate surface area is 130 Å². The number of halogens is 2. The van der Waals surface area contributed by atoms with E-state index in [1.54, 1.807) is 5.32 Å². The Morgan fingerprint density at radius 3 is 2.77 bits per heavy atom. The molecule has 1 aliphatic carbocycles. The number of hydrogen-bond acceptors (Lipinski definition) is 1. The number of amides is 1. The van der Waals surface area contributed by atoms with E-state index in [0.29, 0.717) is 11.5 Å². The maximum absolute atomic E-state index is 13.7. The molecule has 22 heavy (non-hydrogen) atoms. The van der Waals surface area contributed by atoms with E-state index in [9.17, 15) is 13.6 Å². The van der Waals surface area contributed by atoms with E-state index in [4.69, 9.17) is 0 Å². The molecule has 3 N–H and O–H groups in total. The van der Waals surface area contributed by atoms with Gasteiger partial charge in [-0.1, -0.05) is 19.8 Å². The SMILES string of the molecule is C[C@H]([NH2+]CC(=O)N[C@H]1CCCC[C@@H]1C)c1ccc(F)cc1F. The summed E-state index contributed by atoms with van der Waals surface area (Å²) in [6.45, 7) is 4.23. The summed E-state index contributed by atoms with van der Waals surface area (Å²) in [6.07, 6.45) is 4.59. The lowest BCUT2D eigenvalue weighted by molar-refractivity contribution is -0.682. The van der Waals surface area contributed by atoms with Crippen molar-refractivity contribution >= 4 is 5.91 Å². The van der Waals surface area contributed by atoms with Gasteiger partial charge in [0.05, 0.1) is 0 Å². The highest BCUT2D eigenvalue weighted by atomic mass is 19.1. The zero-order chi connectivity index (χ0) is 16.1. The van der Waals surface area contributed by atoms with Gasteiger partial charge in [-0.25, -0.2) is 8.78 Å². The van der Waals surface area contributed by atoms with Crippen molar-refractivity contribution in [2.24, 2.45) is 5.92 Å². The van der Waals surface area contributed by atoms with Crippen LogP contribution in [0.15, 0.2) is 18.2 Å². The van der Waals surface area contributed by atoms with Crippen molar-refractivity contribution in [3.05, 3.63) is 35.4 Å². The molecule has 1 saturated carbocycles. The van der Waals surface area contributed by atoms with Crippen LogP contribution in [0.1, 0.15) is 51.1 Å². The van der Waals surface area contributed by atoms with Crippen molar-refractivity contribution in [3.8, 4) is 0 Å². The number of nitrogens with two attached hydrogens (primary N) is 1. The first-order chi connectivity index (χ1) is 10.5. The van der Waals surface area contributed by atoms with Crippen molar-refractivity contribution in [2.75, 3.05) is 6.54 Å². The summed E-state index contributed by atoms with van der Waals surface area (Å²) in [6, 6.07) is 3.59. The Balaban J connectivity index is 1.82. The molecule has 0 heterocycles. The predicted molar refractivity (Wildman–Crippen MR) is 81.1 cm³/mol. The summed E-state index contributed by atoms with van der Waals surface area (Å²) in [7, 11) is 0. The van der Waals surface area contributed by atoms with E-state index in [0.717, 1.165) is 25.3 Å². The van der Waals surface area contributed by atoms with E-state index in [2.05, 4.69) is 12.2 Å². The molecule has 1 aliphatic rings. The van der Waals surface area contributed by atoms with Gasteiger partial charge in [-0.3, -0.25) is 4.79 Å². The lowest BCUT2D eigenvalue weighted by Gasteiger charge is -2.29. The smallest absolute Gasteiger partial charge is 0.275 e. The second kappa shape index (κ2) is 7.68. The summed E-state index contributed by atoms with van der Waals surface area (Å²) in [5, 5.41) is 4.85. The van der Waals surface area contributed by atoms with E-state index < -0.39 is 11.6 Å². The lowest BCUT2D eigenvalue weighted by Crippen LogP contribution is -2.87. The quantitative estimate of drug-likeness (QED) is 0.861. The molecule has 1 amide bonds. The zero-order valence-corrected chi connectivity index (χ0v) is 13.2. The minimum Gasteiger partial charge on any atom is -0.348 e. The van der Waals surface area contributed by atoms with Crippen LogP contribution in [-0.4, -0.2) is 18.5 Å². The molecule has 1 aromatic carbocycles. The Morgan fingerprint density at radius 2 is 2.09 bits per heavy atom. The van der Waals surface area contributed by atoms with Crippen LogP contribution in [-0.2, 0) is 4.79 Å². The van der Waals surface area contributed by atoms with E-state index >= 15 is 0 Å². The molecule has 0 radical (unpaired) electrons. The topological polar surface area (TPSA) is 45.7 Å². The van der Waals surface area contributed by atoms with Gasteiger partial charge in [0, 0.05) is 17.7 Å². The highest BCUT2D eigenvalue weighted by Crippen LogP contribution is 2.23. The van der Waals surface area contributed by atoms with Crippen LogP contribution in [0, 0.1) is 17.6 Å². The molecule has 122 valence electrons. The summed E-state index contributed by atoms with van der Waals surface area (Å²) < 4.78 is 26.6. The molecule has 3 atom stereocenters. The number of carbonyl (C=O) groups excluding carboxylic acids is 1. The van der Waals surface area contributed by atoms with Gasteiger partial charge in [-0.15, -0.1) is 0 Å². The first-order valence-corrected chi connectivity index (χ1v) is 8.05. The number of carbonyl (C=O) groups is 1. The third-order valence-corrected chi connectivity index (χ3v) is 4.57. The van der Waals surface area contributed by atoms with Crippen molar-refractivity contribution in [1.29, 1.82) is 0 Å². The molecule has 0 spiro atoms. The van der Waals surface area contributed by atoms with Crippen LogP contribution < -0.4 is 10.6 Å². The van der Waals surface area contributed by atoms with Crippen molar-refractivity contribution < 1.29 is 18.9 Å². The van der Waals surface area contributed by atoms with Crippen LogP contribution >= 0.6 is 0 Å². The van der Waals surface area contributed by atoms with Crippen molar-refractivity contribution in [2.45, 2.75) is 51.6 Å². The number of benzene rings is 1. The Bertz CT molecular complexity index is 521. The number of nitrogens with one attached hydrogen (secondary N) is 1. The van der Waals surface area contributed by atoms with Gasteiger partial charge in [0.2, 0.25) is 0 Å². The Hall–Kier alpha value is -1.49. The summed E-state index contributed by atoms with van der Waals surface area (Å²) in [5.74, 6) is -0.652. The molecule has 0 aromatic heterocycles. The third-order valence-electron chi connectivity index (χ3n) is 4.57. The maximum Gasteiger partial charge on any atom is 0.275 e. The molecule has 0 aliphatic heterocycles. The van der Waals surface area contributed by atoms with Crippen molar-refractivity contribution in [1.82, 2.24) is 5.32 Å². The summed E-state index contributed by atoms with van der Waals surface area (Å²) in [5.41, 5.74) is 0.417. The van der Waals surface area contributed by atoms with E-state index in [1.807, 2.05) is 6.92 Å². The molecule has 5 heteroatoms. The second-order valence-corrected chi connectivity index (χ2v) is 6.33.